The van der Waals surface area contributed by atoms with E-state index in [2.05, 4.69) is 41.2 Å². The Morgan fingerprint density at radius 2 is 2.15 bits per heavy atom. The van der Waals surface area contributed by atoms with Gasteiger partial charge in [-0.15, -0.1) is 0 Å². The molecule has 0 aliphatic rings. The fourth-order valence-corrected chi connectivity index (χ4v) is 1.53. The third kappa shape index (κ3) is 3.01. The number of hydrogen-bond donors (Lipinski definition) is 2. The van der Waals surface area contributed by atoms with E-state index in [-0.39, 0.29) is 0 Å². The van der Waals surface area contributed by atoms with Crippen LogP contribution in [0.4, 0.5) is 5.69 Å². The summed E-state index contributed by atoms with van der Waals surface area (Å²) in [6.45, 7) is 4.80. The molecule has 0 radical (unpaired) electrons. The van der Waals surface area contributed by atoms with Gasteiger partial charge in [-0.05, 0) is 31.5 Å². The summed E-state index contributed by atoms with van der Waals surface area (Å²) in [5, 5.41) is 3.36. The number of hydrogen-bond acceptors (Lipinski definition) is 2. The van der Waals surface area contributed by atoms with Gasteiger partial charge >= 0.3 is 0 Å². The summed E-state index contributed by atoms with van der Waals surface area (Å²) in [6, 6.07) is 6.53. The first-order valence-electron chi connectivity index (χ1n) is 4.38. The van der Waals surface area contributed by atoms with Gasteiger partial charge in [0.25, 0.3) is 0 Å². The molecule has 13 heavy (non-hydrogen) atoms. The molecule has 3 N–H and O–H groups in total. The van der Waals surface area contributed by atoms with Crippen molar-refractivity contribution in [3.05, 3.63) is 28.2 Å². The minimum Gasteiger partial charge on any atom is -0.383 e. The van der Waals surface area contributed by atoms with Gasteiger partial charge < -0.3 is 11.1 Å². The van der Waals surface area contributed by atoms with Crippen molar-refractivity contribution in [2.24, 2.45) is 5.73 Å². The summed E-state index contributed by atoms with van der Waals surface area (Å²) in [6.07, 6.45) is 0. The molecule has 3 heteroatoms. The largest absolute Gasteiger partial charge is 0.383 e. The molecular weight excluding hydrogens is 228 g/mol. The second kappa shape index (κ2) is 4.63. The first-order chi connectivity index (χ1) is 6.13. The molecule has 1 rings (SSSR count). The third-order valence-corrected chi connectivity index (χ3v) is 2.23. The molecule has 0 aliphatic carbocycles. The summed E-state index contributed by atoms with van der Waals surface area (Å²) in [5.41, 5.74) is 7.89. The standard InChI is InChI=1S/C10H15BrN2/c1-7(2)13-10-5-9(11)4-3-8(10)6-12/h3-5,7,13H,6,12H2,1-2H3. The van der Waals surface area contributed by atoms with Crippen LogP contribution in [0, 0.1) is 0 Å². The Labute approximate surface area is 87.6 Å². The highest BCUT2D eigenvalue weighted by Crippen LogP contribution is 2.21. The first kappa shape index (κ1) is 10.5. The van der Waals surface area contributed by atoms with Gasteiger partial charge in [0.15, 0.2) is 0 Å². The van der Waals surface area contributed by atoms with Gasteiger partial charge in [0.1, 0.15) is 0 Å². The van der Waals surface area contributed by atoms with Crippen molar-refractivity contribution in [2.75, 3.05) is 5.32 Å². The summed E-state index contributed by atoms with van der Waals surface area (Å²) in [5.74, 6) is 0. The Morgan fingerprint density at radius 3 is 2.69 bits per heavy atom. The molecule has 0 unspecified atom stereocenters. The SMILES string of the molecule is CC(C)Nc1cc(Br)ccc1CN. The van der Waals surface area contributed by atoms with E-state index in [1.807, 2.05) is 12.1 Å². The molecule has 0 aliphatic heterocycles. The molecule has 2 nitrogen and oxygen atoms in total. The molecule has 72 valence electrons. The second-order valence-corrected chi connectivity index (χ2v) is 4.22. The predicted octanol–water partition coefficient (Wildman–Crippen LogP) is 2.73. The lowest BCUT2D eigenvalue weighted by atomic mass is 10.1. The molecule has 1 aromatic rings. The molecule has 1 aromatic carbocycles. The van der Waals surface area contributed by atoms with Gasteiger partial charge in [-0.25, -0.2) is 0 Å². The highest BCUT2D eigenvalue weighted by Gasteiger charge is 2.02. The van der Waals surface area contributed by atoms with Gasteiger partial charge in [0.05, 0.1) is 0 Å². The fraction of sp³-hybridized carbons (Fsp3) is 0.400. The number of benzene rings is 1. The highest BCUT2D eigenvalue weighted by molar-refractivity contribution is 9.10. The van der Waals surface area contributed by atoms with Crippen molar-refractivity contribution in [1.82, 2.24) is 0 Å². The number of nitrogens with two attached hydrogens (primary N) is 1. The van der Waals surface area contributed by atoms with E-state index in [0.717, 1.165) is 15.7 Å². The van der Waals surface area contributed by atoms with Gasteiger partial charge in [0.2, 0.25) is 0 Å². The zero-order chi connectivity index (χ0) is 9.84. The summed E-state index contributed by atoms with van der Waals surface area (Å²) in [7, 11) is 0. The number of rotatable bonds is 3. The minimum absolute atomic E-state index is 0.430. The van der Waals surface area contributed by atoms with Crippen molar-refractivity contribution in [3.63, 3.8) is 0 Å². The Hall–Kier alpha value is -0.540. The van der Waals surface area contributed by atoms with Crippen molar-refractivity contribution in [3.8, 4) is 0 Å². The lowest BCUT2D eigenvalue weighted by molar-refractivity contribution is 0.892. The highest BCUT2D eigenvalue weighted by atomic mass is 79.9. The van der Waals surface area contributed by atoms with Gasteiger partial charge in [-0.1, -0.05) is 22.0 Å². The van der Waals surface area contributed by atoms with E-state index in [1.165, 1.54) is 0 Å². The Bertz CT molecular complexity index is 284. The quantitative estimate of drug-likeness (QED) is 0.856. The molecule has 0 bridgehead atoms. The zero-order valence-corrected chi connectivity index (χ0v) is 9.56. The Balaban J connectivity index is 2.94. The van der Waals surface area contributed by atoms with E-state index < -0.39 is 0 Å². The maximum absolute atomic E-state index is 5.62. The van der Waals surface area contributed by atoms with Gasteiger partial charge in [0, 0.05) is 22.7 Å². The average molecular weight is 243 g/mol. The lowest BCUT2D eigenvalue weighted by Crippen LogP contribution is -2.12. The van der Waals surface area contributed by atoms with Crippen LogP contribution in [0.3, 0.4) is 0 Å². The molecule has 0 saturated heterocycles. The van der Waals surface area contributed by atoms with Crippen LogP contribution >= 0.6 is 15.9 Å². The topological polar surface area (TPSA) is 38.0 Å². The van der Waals surface area contributed by atoms with Gasteiger partial charge in [-0.3, -0.25) is 0 Å². The summed E-state index contributed by atoms with van der Waals surface area (Å²) in [4.78, 5) is 0. The fourth-order valence-electron chi connectivity index (χ4n) is 1.17. The Kier molecular flexibility index (Phi) is 3.75. The molecule has 0 amide bonds. The molecule has 0 fully saturated rings. The molecule has 0 heterocycles. The van der Waals surface area contributed by atoms with Gasteiger partial charge in [-0.2, -0.15) is 0 Å². The maximum atomic E-state index is 5.62. The normalized spacial score (nSPS) is 10.5. The second-order valence-electron chi connectivity index (χ2n) is 3.30. The van der Waals surface area contributed by atoms with Crippen LogP contribution in [-0.4, -0.2) is 6.04 Å². The molecule has 0 saturated carbocycles. The van der Waals surface area contributed by atoms with Crippen LogP contribution in [0.5, 0.6) is 0 Å². The number of nitrogens with one attached hydrogen (secondary N) is 1. The van der Waals surface area contributed by atoms with Crippen LogP contribution in [-0.2, 0) is 6.54 Å². The number of halogens is 1. The van der Waals surface area contributed by atoms with E-state index in [0.29, 0.717) is 12.6 Å². The molecular formula is C10H15BrN2. The van der Waals surface area contributed by atoms with Crippen LogP contribution in [0.25, 0.3) is 0 Å². The van der Waals surface area contributed by atoms with Crippen molar-refractivity contribution >= 4 is 21.6 Å². The van der Waals surface area contributed by atoms with E-state index in [1.54, 1.807) is 0 Å². The Morgan fingerprint density at radius 1 is 1.46 bits per heavy atom. The predicted molar refractivity (Wildman–Crippen MR) is 60.8 cm³/mol. The monoisotopic (exact) mass is 242 g/mol. The van der Waals surface area contributed by atoms with Crippen molar-refractivity contribution in [2.45, 2.75) is 26.4 Å². The molecule has 0 atom stereocenters. The summed E-state index contributed by atoms with van der Waals surface area (Å²) >= 11 is 3.43. The maximum Gasteiger partial charge on any atom is 0.0399 e. The molecule has 0 spiro atoms. The average Bonchev–Trinajstić information content (AvgIpc) is 2.03. The number of anilines is 1. The van der Waals surface area contributed by atoms with Crippen LogP contribution < -0.4 is 11.1 Å². The van der Waals surface area contributed by atoms with E-state index in [9.17, 15) is 0 Å². The summed E-state index contributed by atoms with van der Waals surface area (Å²) < 4.78 is 1.08. The van der Waals surface area contributed by atoms with E-state index in [4.69, 9.17) is 5.73 Å². The minimum atomic E-state index is 0.430. The zero-order valence-electron chi connectivity index (χ0n) is 7.97. The smallest absolute Gasteiger partial charge is 0.0399 e. The van der Waals surface area contributed by atoms with Crippen molar-refractivity contribution < 1.29 is 0 Å². The molecule has 0 aromatic heterocycles. The van der Waals surface area contributed by atoms with E-state index >= 15 is 0 Å². The first-order valence-corrected chi connectivity index (χ1v) is 5.18. The van der Waals surface area contributed by atoms with Crippen LogP contribution in [0.1, 0.15) is 19.4 Å². The van der Waals surface area contributed by atoms with Crippen molar-refractivity contribution in [1.29, 1.82) is 0 Å². The van der Waals surface area contributed by atoms with Crippen LogP contribution in [0.15, 0.2) is 22.7 Å². The van der Waals surface area contributed by atoms with Crippen LogP contribution in [0.2, 0.25) is 0 Å². The lowest BCUT2D eigenvalue weighted by Gasteiger charge is -2.14. The third-order valence-electron chi connectivity index (χ3n) is 1.74.